The Bertz CT molecular complexity index is 467. The number of amides is 2. The van der Waals surface area contributed by atoms with E-state index >= 15 is 0 Å². The number of hydrogen-bond acceptors (Lipinski definition) is 2. The van der Waals surface area contributed by atoms with E-state index in [1.807, 2.05) is 0 Å². The lowest BCUT2D eigenvalue weighted by Crippen LogP contribution is -2.57. The van der Waals surface area contributed by atoms with Gasteiger partial charge in [-0.1, -0.05) is 0 Å². The van der Waals surface area contributed by atoms with E-state index in [4.69, 9.17) is 0 Å². The summed E-state index contributed by atoms with van der Waals surface area (Å²) in [4.78, 5) is 24.6. The Balaban J connectivity index is 2.42. The molecule has 1 unspecified atom stereocenters. The van der Waals surface area contributed by atoms with Crippen molar-refractivity contribution in [2.75, 3.05) is 11.4 Å². The maximum Gasteiger partial charge on any atom is 0.247 e. The molecule has 90 valence electrons. The number of halogens is 1. The van der Waals surface area contributed by atoms with Crippen molar-refractivity contribution in [3.05, 3.63) is 29.6 Å². The molecule has 1 heterocycles. The van der Waals surface area contributed by atoms with Gasteiger partial charge in [0.1, 0.15) is 11.9 Å². The highest BCUT2D eigenvalue weighted by atomic mass is 19.1. The van der Waals surface area contributed by atoms with Gasteiger partial charge in [-0.2, -0.15) is 0 Å². The molecule has 1 aliphatic heterocycles. The van der Waals surface area contributed by atoms with Crippen LogP contribution in [0.5, 0.6) is 0 Å². The first kappa shape index (κ1) is 11.6. The third-order valence-corrected chi connectivity index (χ3v) is 2.75. The Labute approximate surface area is 98.4 Å². The summed E-state index contributed by atoms with van der Waals surface area (Å²) in [5.41, 5.74) is 1.14. The predicted octanol–water partition coefficient (Wildman–Crippen LogP) is 0.985. The van der Waals surface area contributed by atoms with Crippen LogP contribution in [0.3, 0.4) is 0 Å². The highest BCUT2D eigenvalue weighted by molar-refractivity contribution is 6.06. The molecule has 1 aromatic rings. The maximum absolute atomic E-state index is 13.3. The molecule has 0 bridgehead atoms. The van der Waals surface area contributed by atoms with Gasteiger partial charge in [-0.25, -0.2) is 4.39 Å². The number of rotatable bonds is 1. The highest BCUT2D eigenvalue weighted by Crippen LogP contribution is 2.22. The molecule has 5 heteroatoms. The van der Waals surface area contributed by atoms with Crippen molar-refractivity contribution in [1.82, 2.24) is 5.32 Å². The van der Waals surface area contributed by atoms with Gasteiger partial charge >= 0.3 is 0 Å². The van der Waals surface area contributed by atoms with E-state index in [-0.39, 0.29) is 18.4 Å². The summed E-state index contributed by atoms with van der Waals surface area (Å²) in [6.07, 6.45) is 0. The molecule has 0 aromatic heterocycles. The lowest BCUT2D eigenvalue weighted by Gasteiger charge is -2.32. The van der Waals surface area contributed by atoms with Crippen LogP contribution in [0, 0.1) is 12.7 Å². The van der Waals surface area contributed by atoms with Crippen LogP contribution in [0.4, 0.5) is 10.1 Å². The molecule has 0 aliphatic carbocycles. The molecule has 17 heavy (non-hydrogen) atoms. The van der Waals surface area contributed by atoms with Crippen molar-refractivity contribution in [3.63, 3.8) is 0 Å². The zero-order valence-corrected chi connectivity index (χ0v) is 9.66. The van der Waals surface area contributed by atoms with Gasteiger partial charge in [-0.05, 0) is 37.6 Å². The minimum atomic E-state index is -0.613. The normalized spacial score (nSPS) is 20.4. The van der Waals surface area contributed by atoms with Crippen molar-refractivity contribution in [1.29, 1.82) is 0 Å². The minimum absolute atomic E-state index is 0.0429. The first-order valence-electron chi connectivity index (χ1n) is 5.36. The number of benzene rings is 1. The van der Waals surface area contributed by atoms with E-state index in [0.717, 1.165) is 0 Å². The van der Waals surface area contributed by atoms with Gasteiger partial charge in [-0.3, -0.25) is 14.5 Å². The molecule has 2 amide bonds. The Morgan fingerprint density at radius 3 is 2.71 bits per heavy atom. The molecule has 0 spiro atoms. The average Bonchev–Trinajstić information content (AvgIpc) is 2.23. The van der Waals surface area contributed by atoms with E-state index in [0.29, 0.717) is 11.3 Å². The zero-order valence-electron chi connectivity index (χ0n) is 9.66. The van der Waals surface area contributed by atoms with Crippen LogP contribution in [0.1, 0.15) is 12.5 Å². The fourth-order valence-electron chi connectivity index (χ4n) is 1.95. The molecular weight excluding hydrogens is 223 g/mol. The van der Waals surface area contributed by atoms with Crippen LogP contribution < -0.4 is 10.2 Å². The standard InChI is InChI=1S/C12H13FN2O2/c1-7-3-9(13)5-10(4-7)15-8(2)12(17)14-6-11(15)16/h3-5,8H,6H2,1-2H3,(H,14,17). The summed E-state index contributed by atoms with van der Waals surface area (Å²) in [6, 6.07) is 3.72. The summed E-state index contributed by atoms with van der Waals surface area (Å²) < 4.78 is 13.3. The van der Waals surface area contributed by atoms with Gasteiger partial charge in [0, 0.05) is 5.69 Å². The molecule has 2 rings (SSSR count). The molecule has 1 aliphatic rings. The van der Waals surface area contributed by atoms with E-state index in [1.165, 1.54) is 17.0 Å². The number of anilines is 1. The number of nitrogens with zero attached hydrogens (tertiary/aromatic N) is 1. The molecule has 1 saturated heterocycles. The number of piperazine rings is 1. The van der Waals surface area contributed by atoms with Crippen LogP contribution in [0.25, 0.3) is 0 Å². The lowest BCUT2D eigenvalue weighted by atomic mass is 10.1. The number of nitrogens with one attached hydrogen (secondary N) is 1. The fourth-order valence-corrected chi connectivity index (χ4v) is 1.95. The quantitative estimate of drug-likeness (QED) is 0.790. The van der Waals surface area contributed by atoms with Crippen molar-refractivity contribution in [2.24, 2.45) is 0 Å². The van der Waals surface area contributed by atoms with Crippen LogP contribution in [-0.4, -0.2) is 24.4 Å². The van der Waals surface area contributed by atoms with Crippen molar-refractivity contribution < 1.29 is 14.0 Å². The van der Waals surface area contributed by atoms with Crippen molar-refractivity contribution in [2.45, 2.75) is 19.9 Å². The topological polar surface area (TPSA) is 49.4 Å². The van der Waals surface area contributed by atoms with Crippen LogP contribution >= 0.6 is 0 Å². The first-order chi connectivity index (χ1) is 7.99. The third-order valence-electron chi connectivity index (χ3n) is 2.75. The molecule has 1 atom stereocenters. The smallest absolute Gasteiger partial charge is 0.247 e. The van der Waals surface area contributed by atoms with Crippen molar-refractivity contribution in [3.8, 4) is 0 Å². The van der Waals surface area contributed by atoms with Crippen LogP contribution in [-0.2, 0) is 9.59 Å². The minimum Gasteiger partial charge on any atom is -0.345 e. The second-order valence-corrected chi connectivity index (χ2v) is 4.14. The summed E-state index contributed by atoms with van der Waals surface area (Å²) in [5, 5.41) is 2.49. The molecular formula is C12H13FN2O2. The van der Waals surface area contributed by atoms with E-state index in [1.54, 1.807) is 19.9 Å². The number of carbonyl (C=O) groups is 2. The Kier molecular flexibility index (Phi) is 2.83. The number of aryl methyl sites for hydroxylation is 1. The Morgan fingerprint density at radius 2 is 2.06 bits per heavy atom. The SMILES string of the molecule is Cc1cc(F)cc(N2C(=O)CNC(=O)C2C)c1. The van der Waals surface area contributed by atoms with Crippen LogP contribution in [0.2, 0.25) is 0 Å². The van der Waals surface area contributed by atoms with Gasteiger partial charge < -0.3 is 5.32 Å². The third kappa shape index (κ3) is 2.13. The van der Waals surface area contributed by atoms with E-state index < -0.39 is 11.9 Å². The lowest BCUT2D eigenvalue weighted by molar-refractivity contribution is -0.130. The molecule has 4 nitrogen and oxygen atoms in total. The van der Waals surface area contributed by atoms with Crippen LogP contribution in [0.15, 0.2) is 18.2 Å². The zero-order chi connectivity index (χ0) is 12.6. The number of hydrogen-bond donors (Lipinski definition) is 1. The molecule has 1 fully saturated rings. The predicted molar refractivity (Wildman–Crippen MR) is 61.1 cm³/mol. The van der Waals surface area contributed by atoms with Gasteiger partial charge in [0.05, 0.1) is 6.54 Å². The maximum atomic E-state index is 13.3. The largest absolute Gasteiger partial charge is 0.345 e. The summed E-state index contributed by atoms with van der Waals surface area (Å²) >= 11 is 0. The summed E-state index contributed by atoms with van der Waals surface area (Å²) in [6.45, 7) is 3.32. The summed E-state index contributed by atoms with van der Waals surface area (Å²) in [7, 11) is 0. The van der Waals surface area contributed by atoms with E-state index in [9.17, 15) is 14.0 Å². The first-order valence-corrected chi connectivity index (χ1v) is 5.36. The Morgan fingerprint density at radius 1 is 1.35 bits per heavy atom. The molecule has 0 radical (unpaired) electrons. The second kappa shape index (κ2) is 4.16. The average molecular weight is 236 g/mol. The highest BCUT2D eigenvalue weighted by Gasteiger charge is 2.32. The van der Waals surface area contributed by atoms with Gasteiger partial charge in [0.25, 0.3) is 0 Å². The molecule has 0 saturated carbocycles. The Hall–Kier alpha value is -1.91. The second-order valence-electron chi connectivity index (χ2n) is 4.14. The van der Waals surface area contributed by atoms with Gasteiger partial charge in [0.15, 0.2) is 0 Å². The van der Waals surface area contributed by atoms with Gasteiger partial charge in [-0.15, -0.1) is 0 Å². The molecule has 1 N–H and O–H groups in total. The van der Waals surface area contributed by atoms with E-state index in [2.05, 4.69) is 5.32 Å². The monoisotopic (exact) mass is 236 g/mol. The number of carbonyl (C=O) groups excluding carboxylic acids is 2. The van der Waals surface area contributed by atoms with Crippen molar-refractivity contribution >= 4 is 17.5 Å². The fraction of sp³-hybridized carbons (Fsp3) is 0.333. The van der Waals surface area contributed by atoms with Gasteiger partial charge in [0.2, 0.25) is 11.8 Å². The summed E-state index contributed by atoms with van der Waals surface area (Å²) in [5.74, 6) is -0.875. The molecule has 1 aromatic carbocycles.